The highest BCUT2D eigenvalue weighted by atomic mass is 16.5. The lowest BCUT2D eigenvalue weighted by atomic mass is 10.1. The minimum Gasteiger partial charge on any atom is -0.493 e. The number of benzene rings is 2. The number of hydrogen-bond acceptors (Lipinski definition) is 4. The second kappa shape index (κ2) is 9.42. The third kappa shape index (κ3) is 5.47. The van der Waals surface area contributed by atoms with Gasteiger partial charge in [-0.05, 0) is 64.1 Å². The summed E-state index contributed by atoms with van der Waals surface area (Å²) in [4.78, 5) is 14.7. The molecule has 0 fully saturated rings. The van der Waals surface area contributed by atoms with Crippen LogP contribution in [-0.4, -0.2) is 37.6 Å². The molecule has 0 aromatic heterocycles. The van der Waals surface area contributed by atoms with Crippen molar-refractivity contribution in [1.82, 2.24) is 4.90 Å². The molecule has 27 heavy (non-hydrogen) atoms. The van der Waals surface area contributed by atoms with Gasteiger partial charge in [0.05, 0.1) is 19.8 Å². The molecular weight excluding hydrogens is 340 g/mol. The van der Waals surface area contributed by atoms with E-state index in [1.165, 1.54) is 5.56 Å². The van der Waals surface area contributed by atoms with Crippen LogP contribution in [0.15, 0.2) is 36.4 Å². The molecule has 2 rings (SSSR count). The minimum atomic E-state index is -0.275. The molecule has 0 aliphatic carbocycles. The fourth-order valence-corrected chi connectivity index (χ4v) is 2.90. The molecular formula is C22H30N2O3. The number of amides is 1. The molecule has 0 aliphatic heterocycles. The van der Waals surface area contributed by atoms with E-state index in [1.807, 2.05) is 70.0 Å². The van der Waals surface area contributed by atoms with E-state index in [1.54, 1.807) is 7.11 Å². The monoisotopic (exact) mass is 370 g/mol. The van der Waals surface area contributed by atoms with Crippen LogP contribution in [0.1, 0.15) is 30.5 Å². The molecule has 1 atom stereocenters. The molecule has 0 saturated carbocycles. The summed E-state index contributed by atoms with van der Waals surface area (Å²) in [5, 5.41) is 3.03. The van der Waals surface area contributed by atoms with Crippen LogP contribution < -0.4 is 14.8 Å². The van der Waals surface area contributed by atoms with Crippen LogP contribution in [0.3, 0.4) is 0 Å². The topological polar surface area (TPSA) is 50.8 Å². The first-order valence-electron chi connectivity index (χ1n) is 9.23. The van der Waals surface area contributed by atoms with Gasteiger partial charge in [-0.3, -0.25) is 9.69 Å². The van der Waals surface area contributed by atoms with E-state index in [2.05, 4.69) is 11.4 Å². The number of nitrogens with zero attached hydrogens (tertiary/aromatic N) is 1. The van der Waals surface area contributed by atoms with Crippen molar-refractivity contribution in [1.29, 1.82) is 0 Å². The third-order valence-electron chi connectivity index (χ3n) is 4.64. The summed E-state index contributed by atoms with van der Waals surface area (Å²) in [5.41, 5.74) is 4.16. The molecule has 0 spiro atoms. The van der Waals surface area contributed by atoms with Gasteiger partial charge >= 0.3 is 0 Å². The van der Waals surface area contributed by atoms with Crippen molar-refractivity contribution < 1.29 is 14.3 Å². The van der Waals surface area contributed by atoms with Crippen LogP contribution in [0.4, 0.5) is 5.69 Å². The van der Waals surface area contributed by atoms with Crippen molar-refractivity contribution in [3.8, 4) is 11.5 Å². The first kappa shape index (κ1) is 20.8. The van der Waals surface area contributed by atoms with Gasteiger partial charge in [0.2, 0.25) is 5.91 Å². The maximum Gasteiger partial charge on any atom is 0.241 e. The van der Waals surface area contributed by atoms with Gasteiger partial charge in [-0.2, -0.15) is 0 Å². The fraction of sp³-hybridized carbons (Fsp3) is 0.409. The smallest absolute Gasteiger partial charge is 0.241 e. The van der Waals surface area contributed by atoms with Crippen molar-refractivity contribution in [2.45, 2.75) is 40.3 Å². The predicted octanol–water partition coefficient (Wildman–Crippen LogP) is 4.17. The number of rotatable bonds is 8. The summed E-state index contributed by atoms with van der Waals surface area (Å²) in [5.74, 6) is 1.41. The van der Waals surface area contributed by atoms with Gasteiger partial charge in [0.25, 0.3) is 0 Å². The summed E-state index contributed by atoms with van der Waals surface area (Å²) >= 11 is 0. The highest BCUT2D eigenvalue weighted by Gasteiger charge is 2.19. The van der Waals surface area contributed by atoms with Gasteiger partial charge in [0, 0.05) is 12.2 Å². The lowest BCUT2D eigenvalue weighted by Crippen LogP contribution is -2.39. The second-order valence-corrected chi connectivity index (χ2v) is 6.82. The van der Waals surface area contributed by atoms with E-state index < -0.39 is 0 Å². The van der Waals surface area contributed by atoms with Crippen molar-refractivity contribution in [3.05, 3.63) is 53.1 Å². The number of carbonyl (C=O) groups excluding carboxylic acids is 1. The predicted molar refractivity (Wildman–Crippen MR) is 110 cm³/mol. The first-order chi connectivity index (χ1) is 12.8. The lowest BCUT2D eigenvalue weighted by Gasteiger charge is -2.24. The molecule has 1 N–H and O–H groups in total. The average molecular weight is 370 g/mol. The zero-order valence-electron chi connectivity index (χ0n) is 17.1. The number of aryl methyl sites for hydroxylation is 2. The van der Waals surface area contributed by atoms with Crippen LogP contribution in [0.25, 0.3) is 0 Å². The van der Waals surface area contributed by atoms with Crippen LogP contribution in [0.5, 0.6) is 11.5 Å². The molecule has 0 saturated heterocycles. The number of carbonyl (C=O) groups is 1. The van der Waals surface area contributed by atoms with Crippen molar-refractivity contribution >= 4 is 11.6 Å². The van der Waals surface area contributed by atoms with E-state index in [9.17, 15) is 4.79 Å². The molecule has 146 valence electrons. The van der Waals surface area contributed by atoms with E-state index in [0.717, 1.165) is 22.6 Å². The summed E-state index contributed by atoms with van der Waals surface area (Å²) in [6.45, 7) is 9.11. The zero-order chi connectivity index (χ0) is 20.0. The maximum atomic E-state index is 12.6. The summed E-state index contributed by atoms with van der Waals surface area (Å²) in [6, 6.07) is 11.6. The van der Waals surface area contributed by atoms with E-state index in [0.29, 0.717) is 18.9 Å². The Morgan fingerprint density at radius 3 is 2.52 bits per heavy atom. The van der Waals surface area contributed by atoms with Crippen LogP contribution in [-0.2, 0) is 11.3 Å². The quantitative estimate of drug-likeness (QED) is 0.758. The molecule has 0 bridgehead atoms. The highest BCUT2D eigenvalue weighted by molar-refractivity contribution is 5.95. The van der Waals surface area contributed by atoms with E-state index in [4.69, 9.17) is 9.47 Å². The molecule has 0 unspecified atom stereocenters. The summed E-state index contributed by atoms with van der Waals surface area (Å²) < 4.78 is 11.0. The SMILES string of the molecule is CCOc1ccc(CN(C)[C@H](C)C(=O)Nc2ccc(C)cc2C)cc1OC. The molecule has 0 aliphatic rings. The Morgan fingerprint density at radius 2 is 1.89 bits per heavy atom. The van der Waals surface area contributed by atoms with Gasteiger partial charge in [-0.15, -0.1) is 0 Å². The van der Waals surface area contributed by atoms with Gasteiger partial charge in [-0.1, -0.05) is 23.8 Å². The van der Waals surface area contributed by atoms with Crippen molar-refractivity contribution in [2.75, 3.05) is 26.1 Å². The van der Waals surface area contributed by atoms with Gasteiger partial charge < -0.3 is 14.8 Å². The van der Waals surface area contributed by atoms with E-state index >= 15 is 0 Å². The summed E-state index contributed by atoms with van der Waals surface area (Å²) in [6.07, 6.45) is 0. The largest absolute Gasteiger partial charge is 0.493 e. The van der Waals surface area contributed by atoms with Crippen LogP contribution in [0.2, 0.25) is 0 Å². The lowest BCUT2D eigenvalue weighted by molar-refractivity contribution is -0.120. The minimum absolute atomic E-state index is 0.0256. The molecule has 0 heterocycles. The van der Waals surface area contributed by atoms with Gasteiger partial charge in [0.15, 0.2) is 11.5 Å². The number of ether oxygens (including phenoxy) is 2. The Bertz CT molecular complexity index is 789. The zero-order valence-corrected chi connectivity index (χ0v) is 17.1. The standard InChI is InChI=1S/C22H30N2O3/c1-7-27-20-11-9-18(13-21(20)26-6)14-24(5)17(4)22(25)23-19-10-8-15(2)12-16(19)3/h8-13,17H,7,14H2,1-6H3,(H,23,25)/t17-/m1/s1. The molecule has 5 nitrogen and oxygen atoms in total. The molecule has 0 radical (unpaired) electrons. The number of hydrogen-bond donors (Lipinski definition) is 1. The second-order valence-electron chi connectivity index (χ2n) is 6.82. The van der Waals surface area contributed by atoms with E-state index in [-0.39, 0.29) is 11.9 Å². The Balaban J connectivity index is 2.04. The Morgan fingerprint density at radius 1 is 1.15 bits per heavy atom. The molecule has 2 aromatic rings. The number of nitrogens with one attached hydrogen (secondary N) is 1. The first-order valence-corrected chi connectivity index (χ1v) is 9.23. The van der Waals surface area contributed by atoms with Crippen LogP contribution >= 0.6 is 0 Å². The number of anilines is 1. The Kier molecular flexibility index (Phi) is 7.25. The highest BCUT2D eigenvalue weighted by Crippen LogP contribution is 2.28. The van der Waals surface area contributed by atoms with Crippen molar-refractivity contribution in [2.24, 2.45) is 0 Å². The van der Waals surface area contributed by atoms with Gasteiger partial charge in [-0.25, -0.2) is 0 Å². The fourth-order valence-electron chi connectivity index (χ4n) is 2.90. The molecule has 5 heteroatoms. The average Bonchev–Trinajstić information content (AvgIpc) is 2.64. The summed E-state index contributed by atoms with van der Waals surface area (Å²) in [7, 11) is 3.57. The third-order valence-corrected chi connectivity index (χ3v) is 4.64. The Hall–Kier alpha value is -2.53. The van der Waals surface area contributed by atoms with Crippen LogP contribution in [0, 0.1) is 13.8 Å². The normalized spacial score (nSPS) is 12.0. The van der Waals surface area contributed by atoms with Crippen molar-refractivity contribution in [3.63, 3.8) is 0 Å². The van der Waals surface area contributed by atoms with Gasteiger partial charge in [0.1, 0.15) is 0 Å². The molecule has 2 aromatic carbocycles. The maximum absolute atomic E-state index is 12.6. The molecule has 1 amide bonds. The number of likely N-dealkylation sites (N-methyl/N-ethyl adjacent to an activating group) is 1. The Labute approximate surface area is 162 Å². The number of methoxy groups -OCH3 is 1.